The number of benzene rings is 2. The maximum atomic E-state index is 14.8. The first kappa shape index (κ1) is 25.4. The van der Waals surface area contributed by atoms with E-state index in [1.165, 1.54) is 43.2 Å². The van der Waals surface area contributed by atoms with Crippen LogP contribution in [0.3, 0.4) is 0 Å². The molecule has 0 atom stereocenters. The van der Waals surface area contributed by atoms with Gasteiger partial charge in [-0.3, -0.25) is 0 Å². The predicted octanol–water partition coefficient (Wildman–Crippen LogP) is 9.90. The molecule has 0 aromatic heterocycles. The Morgan fingerprint density at radius 2 is 1.38 bits per heavy atom. The van der Waals surface area contributed by atoms with Crippen LogP contribution in [-0.4, -0.2) is 0 Å². The van der Waals surface area contributed by atoms with Crippen LogP contribution < -0.4 is 0 Å². The van der Waals surface area contributed by atoms with Gasteiger partial charge in [-0.2, -0.15) is 0 Å². The van der Waals surface area contributed by atoms with E-state index in [4.69, 9.17) is 0 Å². The van der Waals surface area contributed by atoms with Gasteiger partial charge in [-0.25, -0.2) is 8.78 Å². The summed E-state index contributed by atoms with van der Waals surface area (Å²) in [7, 11) is 0. The van der Waals surface area contributed by atoms with Crippen molar-refractivity contribution in [2.75, 3.05) is 0 Å². The van der Waals surface area contributed by atoms with Gasteiger partial charge in [-0.1, -0.05) is 75.9 Å². The Morgan fingerprint density at radius 1 is 0.706 bits per heavy atom. The van der Waals surface area contributed by atoms with Crippen LogP contribution in [0.25, 0.3) is 0 Å². The lowest BCUT2D eigenvalue weighted by Crippen LogP contribution is -2.16. The summed E-state index contributed by atoms with van der Waals surface area (Å²) in [6.45, 7) is 4.51. The van der Waals surface area contributed by atoms with Crippen molar-refractivity contribution in [3.8, 4) is 0 Å². The Bertz CT molecular complexity index is 884. The topological polar surface area (TPSA) is 0 Å². The first-order valence-corrected chi connectivity index (χ1v) is 14.1. The summed E-state index contributed by atoms with van der Waals surface area (Å²) in [4.78, 5) is 0. The molecule has 0 amide bonds. The van der Waals surface area contributed by atoms with Crippen LogP contribution in [-0.2, 0) is 12.8 Å². The number of halogens is 2. The highest BCUT2D eigenvalue weighted by Gasteiger charge is 2.26. The highest BCUT2D eigenvalue weighted by atomic mass is 19.2. The Hall–Kier alpha value is -1.70. The average Bonchev–Trinajstić information content (AvgIpc) is 2.87. The summed E-state index contributed by atoms with van der Waals surface area (Å²) in [6.07, 6.45) is 15.7. The zero-order valence-corrected chi connectivity index (χ0v) is 21.4. The van der Waals surface area contributed by atoms with Crippen LogP contribution >= 0.6 is 0 Å². The summed E-state index contributed by atoms with van der Waals surface area (Å²) in [6, 6.07) is 13.1. The lowest BCUT2D eigenvalue weighted by molar-refractivity contribution is 0.304. The molecule has 34 heavy (non-hydrogen) atoms. The van der Waals surface area contributed by atoms with Gasteiger partial charge in [0.1, 0.15) is 0 Å². The molecule has 0 radical (unpaired) electrons. The molecule has 186 valence electrons. The minimum Gasteiger partial charge on any atom is -0.203 e. The normalized spacial score (nSPS) is 25.4. The molecule has 2 fully saturated rings. The lowest BCUT2D eigenvalue weighted by Gasteiger charge is -2.29. The third-order valence-corrected chi connectivity index (χ3v) is 8.84. The van der Waals surface area contributed by atoms with Gasteiger partial charge in [0, 0.05) is 0 Å². The highest BCUT2D eigenvalue weighted by molar-refractivity contribution is 5.30. The Kier molecular flexibility index (Phi) is 9.20. The molecule has 0 heterocycles. The van der Waals surface area contributed by atoms with Gasteiger partial charge in [0.05, 0.1) is 0 Å². The first-order chi connectivity index (χ1) is 16.5. The molecular weight excluding hydrogens is 422 g/mol. The standard InChI is InChI=1S/C32H44F2/c1-3-4-5-6-29-21-22-30(32(34)31(29)33)28-19-13-25(14-20-28)10-9-24-11-17-27(18-12-24)26-15-7-23(2)8-16-26/h11-12,17-18,21-23,25-26,28H,3-10,13-16,19-20H2,1-2H3. The van der Waals surface area contributed by atoms with Crippen molar-refractivity contribution in [3.05, 3.63) is 70.3 Å². The van der Waals surface area contributed by atoms with Gasteiger partial charge < -0.3 is 0 Å². The van der Waals surface area contributed by atoms with Crippen molar-refractivity contribution in [2.24, 2.45) is 11.8 Å². The van der Waals surface area contributed by atoms with E-state index in [1.807, 2.05) is 12.1 Å². The molecule has 2 heteroatoms. The molecule has 0 bridgehead atoms. The fraction of sp³-hybridized carbons (Fsp3) is 0.625. The quantitative estimate of drug-likeness (QED) is 0.323. The van der Waals surface area contributed by atoms with Crippen LogP contribution in [0.5, 0.6) is 0 Å². The fourth-order valence-corrected chi connectivity index (χ4v) is 6.36. The molecule has 0 aliphatic heterocycles. The number of hydrogen-bond acceptors (Lipinski definition) is 0. The second-order valence-corrected chi connectivity index (χ2v) is 11.4. The largest absolute Gasteiger partial charge is 0.203 e. The van der Waals surface area contributed by atoms with Crippen LogP contribution in [0.1, 0.15) is 125 Å². The van der Waals surface area contributed by atoms with Crippen molar-refractivity contribution in [1.29, 1.82) is 0 Å². The van der Waals surface area contributed by atoms with Crippen LogP contribution in [0.4, 0.5) is 8.78 Å². The van der Waals surface area contributed by atoms with Crippen molar-refractivity contribution in [2.45, 2.75) is 116 Å². The number of unbranched alkanes of at least 4 members (excludes halogenated alkanes) is 2. The van der Waals surface area contributed by atoms with Crippen LogP contribution in [0, 0.1) is 23.5 Å². The number of rotatable bonds is 9. The maximum Gasteiger partial charge on any atom is 0.162 e. The molecule has 2 aliphatic rings. The molecule has 0 N–H and O–H groups in total. The van der Waals surface area contributed by atoms with Gasteiger partial charge in [0.15, 0.2) is 11.6 Å². The average molecular weight is 467 g/mol. The second-order valence-electron chi connectivity index (χ2n) is 11.4. The Morgan fingerprint density at radius 3 is 2.06 bits per heavy atom. The molecule has 4 rings (SSSR count). The lowest BCUT2D eigenvalue weighted by atomic mass is 9.76. The van der Waals surface area contributed by atoms with E-state index in [2.05, 4.69) is 38.1 Å². The third-order valence-electron chi connectivity index (χ3n) is 8.84. The third kappa shape index (κ3) is 6.49. The molecule has 0 unspecified atom stereocenters. The zero-order valence-electron chi connectivity index (χ0n) is 21.4. The maximum absolute atomic E-state index is 14.8. The van der Waals surface area contributed by atoms with E-state index in [0.29, 0.717) is 23.5 Å². The second kappa shape index (κ2) is 12.3. The monoisotopic (exact) mass is 466 g/mol. The van der Waals surface area contributed by atoms with Gasteiger partial charge in [0.25, 0.3) is 0 Å². The molecule has 0 nitrogen and oxygen atoms in total. The molecular formula is C32H44F2. The van der Waals surface area contributed by atoms with Gasteiger partial charge in [-0.05, 0) is 110 Å². The van der Waals surface area contributed by atoms with E-state index < -0.39 is 11.6 Å². The smallest absolute Gasteiger partial charge is 0.162 e. The minimum absolute atomic E-state index is 0.174. The molecule has 0 spiro atoms. The van der Waals surface area contributed by atoms with Crippen LogP contribution in [0.2, 0.25) is 0 Å². The van der Waals surface area contributed by atoms with Crippen molar-refractivity contribution in [1.82, 2.24) is 0 Å². The predicted molar refractivity (Wildman–Crippen MR) is 139 cm³/mol. The first-order valence-electron chi connectivity index (χ1n) is 14.1. The summed E-state index contributed by atoms with van der Waals surface area (Å²) in [5.41, 5.74) is 4.14. The molecule has 0 saturated heterocycles. The van der Waals surface area contributed by atoms with E-state index >= 15 is 0 Å². The molecule has 2 saturated carbocycles. The van der Waals surface area contributed by atoms with E-state index in [1.54, 1.807) is 0 Å². The van der Waals surface area contributed by atoms with Gasteiger partial charge in [-0.15, -0.1) is 0 Å². The van der Waals surface area contributed by atoms with Crippen molar-refractivity contribution < 1.29 is 8.78 Å². The van der Waals surface area contributed by atoms with Crippen molar-refractivity contribution >= 4 is 0 Å². The van der Waals surface area contributed by atoms with E-state index in [0.717, 1.165) is 63.2 Å². The summed E-state index contributed by atoms with van der Waals surface area (Å²) in [5, 5.41) is 0. The highest BCUT2D eigenvalue weighted by Crippen LogP contribution is 2.40. The minimum atomic E-state index is -0.595. The molecule has 2 aromatic rings. The number of aryl methyl sites for hydroxylation is 2. The molecule has 2 aromatic carbocycles. The fourth-order valence-electron chi connectivity index (χ4n) is 6.36. The Balaban J connectivity index is 1.24. The summed E-state index contributed by atoms with van der Waals surface area (Å²) >= 11 is 0. The number of hydrogen-bond donors (Lipinski definition) is 0. The SMILES string of the molecule is CCCCCc1ccc(C2CCC(CCc3ccc(C4CCC(C)CC4)cc3)CC2)c(F)c1F. The summed E-state index contributed by atoms with van der Waals surface area (Å²) in [5.74, 6) is 1.36. The summed E-state index contributed by atoms with van der Waals surface area (Å²) < 4.78 is 29.5. The van der Waals surface area contributed by atoms with Crippen LogP contribution in [0.15, 0.2) is 36.4 Å². The zero-order chi connectivity index (χ0) is 23.9. The van der Waals surface area contributed by atoms with Gasteiger partial charge >= 0.3 is 0 Å². The van der Waals surface area contributed by atoms with E-state index in [-0.39, 0.29) is 5.92 Å². The van der Waals surface area contributed by atoms with Gasteiger partial charge in [0.2, 0.25) is 0 Å². The van der Waals surface area contributed by atoms with Crippen molar-refractivity contribution in [3.63, 3.8) is 0 Å². The Labute approximate surface area is 206 Å². The molecule has 2 aliphatic carbocycles. The van der Waals surface area contributed by atoms with E-state index in [9.17, 15) is 8.78 Å².